The molecule has 3 aromatic heterocycles. The number of aromatic amines is 2. The molecule has 3 rings (SSSR count). The molecule has 8 nitrogen and oxygen atoms in total. The quantitative estimate of drug-likeness (QED) is 0.666. The largest absolute Gasteiger partial charge is 0.477 e. The molecule has 1 amide bonds. The lowest BCUT2D eigenvalue weighted by Gasteiger charge is -1.97. The first-order valence-corrected chi connectivity index (χ1v) is 6.71. The summed E-state index contributed by atoms with van der Waals surface area (Å²) in [4.78, 5) is 16.0. The Morgan fingerprint density at radius 1 is 1.23 bits per heavy atom. The van der Waals surface area contributed by atoms with Crippen LogP contribution in [-0.4, -0.2) is 37.9 Å². The maximum atomic E-state index is 12.1. The number of ether oxygens (including phenoxy) is 1. The van der Waals surface area contributed by atoms with E-state index in [4.69, 9.17) is 4.74 Å². The van der Waals surface area contributed by atoms with Gasteiger partial charge in [0.15, 0.2) is 5.82 Å². The normalized spacial score (nSPS) is 10.4. The van der Waals surface area contributed by atoms with Crippen LogP contribution in [-0.2, 0) is 0 Å². The molecule has 0 atom stereocenters. The first-order valence-electron chi connectivity index (χ1n) is 6.71. The Kier molecular flexibility index (Phi) is 3.82. The molecule has 0 aliphatic heterocycles. The van der Waals surface area contributed by atoms with E-state index in [-0.39, 0.29) is 5.91 Å². The summed E-state index contributed by atoms with van der Waals surface area (Å²) in [5.74, 6) is 0.461. The van der Waals surface area contributed by atoms with Gasteiger partial charge in [-0.25, -0.2) is 0 Å². The van der Waals surface area contributed by atoms with E-state index in [1.807, 2.05) is 19.1 Å². The summed E-state index contributed by atoms with van der Waals surface area (Å²) in [7, 11) is 0. The van der Waals surface area contributed by atoms with Gasteiger partial charge < -0.3 is 10.1 Å². The van der Waals surface area contributed by atoms with Crippen LogP contribution in [0.1, 0.15) is 17.4 Å². The number of nitrogens with zero attached hydrogens (tertiary/aromatic N) is 3. The Hall–Kier alpha value is -3.16. The Bertz CT molecular complexity index is 765. The third kappa shape index (κ3) is 2.95. The molecule has 0 saturated heterocycles. The Morgan fingerprint density at radius 3 is 2.82 bits per heavy atom. The van der Waals surface area contributed by atoms with Crippen molar-refractivity contribution >= 4 is 11.7 Å². The number of aromatic nitrogens is 5. The second-order valence-electron chi connectivity index (χ2n) is 4.41. The first-order chi connectivity index (χ1) is 10.8. The Balaban J connectivity index is 1.70. The van der Waals surface area contributed by atoms with Crippen LogP contribution in [0.3, 0.4) is 0 Å². The van der Waals surface area contributed by atoms with Crippen LogP contribution in [0.5, 0.6) is 5.88 Å². The second kappa shape index (κ2) is 6.08. The van der Waals surface area contributed by atoms with Crippen LogP contribution in [0.25, 0.3) is 11.3 Å². The summed E-state index contributed by atoms with van der Waals surface area (Å²) in [6.07, 6.45) is 3.38. The van der Waals surface area contributed by atoms with Gasteiger partial charge in [-0.2, -0.15) is 5.10 Å². The molecular formula is C14H14N6O2. The molecule has 0 aliphatic carbocycles. The van der Waals surface area contributed by atoms with Gasteiger partial charge in [-0.1, -0.05) is 0 Å². The minimum Gasteiger partial charge on any atom is -0.477 e. The molecule has 0 radical (unpaired) electrons. The van der Waals surface area contributed by atoms with Gasteiger partial charge in [0.1, 0.15) is 5.69 Å². The van der Waals surface area contributed by atoms with Crippen molar-refractivity contribution in [1.29, 1.82) is 0 Å². The standard InChI is InChI=1S/C14H14N6O2/c1-2-22-13-8-11(18-20-13)14(21)16-12-7-10(17-19-12)9-3-5-15-6-4-9/h3-8H,2H2,1H3,(H,18,20)(H2,16,17,19,21). The summed E-state index contributed by atoms with van der Waals surface area (Å²) < 4.78 is 5.20. The average molecular weight is 298 g/mol. The number of nitrogens with one attached hydrogen (secondary N) is 3. The van der Waals surface area contributed by atoms with Crippen LogP contribution in [0.2, 0.25) is 0 Å². The third-order valence-electron chi connectivity index (χ3n) is 2.90. The van der Waals surface area contributed by atoms with Gasteiger partial charge in [-0.05, 0) is 19.1 Å². The van der Waals surface area contributed by atoms with Gasteiger partial charge in [-0.15, -0.1) is 5.10 Å². The summed E-state index contributed by atoms with van der Waals surface area (Å²) in [6, 6.07) is 6.98. The van der Waals surface area contributed by atoms with Crippen LogP contribution >= 0.6 is 0 Å². The average Bonchev–Trinajstić information content (AvgIpc) is 3.18. The van der Waals surface area contributed by atoms with E-state index in [2.05, 4.69) is 30.7 Å². The fraction of sp³-hybridized carbons (Fsp3) is 0.143. The lowest BCUT2D eigenvalue weighted by Crippen LogP contribution is -2.12. The monoisotopic (exact) mass is 298 g/mol. The van der Waals surface area contributed by atoms with E-state index < -0.39 is 0 Å². The summed E-state index contributed by atoms with van der Waals surface area (Å²) in [5.41, 5.74) is 2.03. The van der Waals surface area contributed by atoms with Crippen LogP contribution in [0.4, 0.5) is 5.82 Å². The van der Waals surface area contributed by atoms with E-state index in [1.165, 1.54) is 6.07 Å². The number of carbonyl (C=O) groups excluding carboxylic acids is 1. The lowest BCUT2D eigenvalue weighted by molar-refractivity contribution is 0.102. The molecule has 0 saturated carbocycles. The van der Waals surface area contributed by atoms with Gasteiger partial charge in [0.25, 0.3) is 5.91 Å². The predicted octanol–water partition coefficient (Wildman–Crippen LogP) is 1.85. The zero-order chi connectivity index (χ0) is 15.4. The van der Waals surface area contributed by atoms with Crippen molar-refractivity contribution < 1.29 is 9.53 Å². The van der Waals surface area contributed by atoms with Crippen molar-refractivity contribution in [2.24, 2.45) is 0 Å². The summed E-state index contributed by atoms with van der Waals surface area (Å²) >= 11 is 0. The molecule has 3 heterocycles. The summed E-state index contributed by atoms with van der Waals surface area (Å²) in [6.45, 7) is 2.33. The lowest BCUT2D eigenvalue weighted by atomic mass is 10.2. The molecule has 3 N–H and O–H groups in total. The molecule has 0 unspecified atom stereocenters. The van der Waals surface area contributed by atoms with Crippen molar-refractivity contribution in [3.8, 4) is 17.1 Å². The molecule has 0 aromatic carbocycles. The molecule has 112 valence electrons. The molecule has 0 bridgehead atoms. The minimum absolute atomic E-state index is 0.303. The fourth-order valence-electron chi connectivity index (χ4n) is 1.89. The number of rotatable bonds is 5. The number of carbonyl (C=O) groups is 1. The number of H-pyrrole nitrogens is 2. The number of anilines is 1. The maximum absolute atomic E-state index is 12.1. The highest BCUT2D eigenvalue weighted by Crippen LogP contribution is 2.19. The van der Waals surface area contributed by atoms with Crippen molar-refractivity contribution in [1.82, 2.24) is 25.4 Å². The van der Waals surface area contributed by atoms with Gasteiger partial charge in [0.05, 0.1) is 12.3 Å². The van der Waals surface area contributed by atoms with Crippen LogP contribution < -0.4 is 10.1 Å². The SMILES string of the molecule is CCOc1cc(C(=O)Nc2cc(-c3ccncc3)[nH]n2)[nH]n1. The van der Waals surface area contributed by atoms with Crippen molar-refractivity contribution in [2.75, 3.05) is 11.9 Å². The molecule has 0 fully saturated rings. The maximum Gasteiger partial charge on any atom is 0.275 e. The fourth-order valence-corrected chi connectivity index (χ4v) is 1.89. The Morgan fingerprint density at radius 2 is 2.05 bits per heavy atom. The zero-order valence-corrected chi connectivity index (χ0v) is 11.8. The van der Waals surface area contributed by atoms with Gasteiger partial charge in [0, 0.05) is 30.1 Å². The summed E-state index contributed by atoms with van der Waals surface area (Å²) in [5, 5.41) is 16.1. The third-order valence-corrected chi connectivity index (χ3v) is 2.90. The zero-order valence-electron chi connectivity index (χ0n) is 11.8. The first kappa shape index (κ1) is 13.8. The molecular weight excluding hydrogens is 284 g/mol. The highest BCUT2D eigenvalue weighted by atomic mass is 16.5. The van der Waals surface area contributed by atoms with E-state index in [0.717, 1.165) is 11.3 Å². The predicted molar refractivity (Wildman–Crippen MR) is 79.5 cm³/mol. The molecule has 22 heavy (non-hydrogen) atoms. The van der Waals surface area contributed by atoms with Crippen molar-refractivity contribution in [3.05, 3.63) is 42.4 Å². The minimum atomic E-state index is -0.341. The molecule has 0 spiro atoms. The number of amides is 1. The van der Waals surface area contributed by atoms with E-state index in [0.29, 0.717) is 24.0 Å². The van der Waals surface area contributed by atoms with E-state index in [1.54, 1.807) is 18.5 Å². The van der Waals surface area contributed by atoms with Crippen molar-refractivity contribution in [2.45, 2.75) is 6.92 Å². The van der Waals surface area contributed by atoms with Crippen molar-refractivity contribution in [3.63, 3.8) is 0 Å². The highest BCUT2D eigenvalue weighted by molar-refractivity contribution is 6.02. The van der Waals surface area contributed by atoms with Gasteiger partial charge in [-0.3, -0.25) is 20.0 Å². The molecule has 0 aliphatic rings. The van der Waals surface area contributed by atoms with Gasteiger partial charge in [0.2, 0.25) is 5.88 Å². The van der Waals surface area contributed by atoms with E-state index in [9.17, 15) is 4.79 Å². The van der Waals surface area contributed by atoms with Crippen LogP contribution in [0.15, 0.2) is 36.7 Å². The smallest absolute Gasteiger partial charge is 0.275 e. The Labute approximate surface area is 125 Å². The number of hydrogen-bond donors (Lipinski definition) is 3. The number of hydrogen-bond acceptors (Lipinski definition) is 5. The molecule has 8 heteroatoms. The van der Waals surface area contributed by atoms with E-state index >= 15 is 0 Å². The van der Waals surface area contributed by atoms with Crippen LogP contribution in [0, 0.1) is 0 Å². The van der Waals surface area contributed by atoms with Gasteiger partial charge >= 0.3 is 0 Å². The molecule has 3 aromatic rings. The second-order valence-corrected chi connectivity index (χ2v) is 4.41. The topological polar surface area (TPSA) is 109 Å². The highest BCUT2D eigenvalue weighted by Gasteiger charge is 2.12. The number of pyridine rings is 1.